The normalized spacial score (nSPS) is 13.0. The molecule has 0 aromatic heterocycles. The Balaban J connectivity index is 2.34. The van der Waals surface area contributed by atoms with Gasteiger partial charge in [-0.3, -0.25) is 9.59 Å². The zero-order valence-electron chi connectivity index (χ0n) is 17.0. The molecule has 0 saturated carbocycles. The van der Waals surface area contributed by atoms with Crippen LogP contribution in [-0.4, -0.2) is 20.4 Å². The van der Waals surface area contributed by atoms with Crippen molar-refractivity contribution in [1.29, 1.82) is 0 Å². The molecule has 154 valence electrons. The zero-order chi connectivity index (χ0) is 22.4. The van der Waals surface area contributed by atoms with E-state index in [1.165, 1.54) is 25.1 Å². The first-order valence-corrected chi connectivity index (χ1v) is 9.70. The van der Waals surface area contributed by atoms with Crippen LogP contribution in [0.15, 0.2) is 39.9 Å². The highest BCUT2D eigenvalue weighted by Crippen LogP contribution is 2.46. The van der Waals surface area contributed by atoms with E-state index in [9.17, 15) is 30.0 Å². The van der Waals surface area contributed by atoms with Crippen molar-refractivity contribution < 1.29 is 20.4 Å². The van der Waals surface area contributed by atoms with Crippen molar-refractivity contribution in [1.82, 2.24) is 0 Å². The summed E-state index contributed by atoms with van der Waals surface area (Å²) in [5.41, 5.74) is 0.226. The Bertz CT molecular complexity index is 1780. The summed E-state index contributed by atoms with van der Waals surface area (Å²) in [6.45, 7) is 4.88. The van der Waals surface area contributed by atoms with Gasteiger partial charge in [0.1, 0.15) is 23.0 Å². The van der Waals surface area contributed by atoms with Crippen molar-refractivity contribution in [3.05, 3.63) is 67.1 Å². The number of aryl methyl sites for hydroxylation is 2. The van der Waals surface area contributed by atoms with Crippen LogP contribution in [-0.2, 0) is 0 Å². The highest BCUT2D eigenvalue weighted by molar-refractivity contribution is 6.32. The van der Waals surface area contributed by atoms with Crippen LogP contribution >= 0.6 is 0 Å². The molecule has 0 bridgehead atoms. The Kier molecular flexibility index (Phi) is 3.65. The molecule has 0 aliphatic heterocycles. The SMILES string of the molecule is C/C(O)=c1\ccc2c(c1O)c(=O)c1c3cc(C)cc(=O)c3c(O)c3c(O)cc(C)c2c31. The summed E-state index contributed by atoms with van der Waals surface area (Å²) in [6.07, 6.45) is 0. The molecule has 0 amide bonds. The van der Waals surface area contributed by atoms with Crippen LogP contribution in [0.5, 0.6) is 17.2 Å². The fourth-order valence-corrected chi connectivity index (χ4v) is 4.77. The fraction of sp³-hybridized carbons (Fsp3) is 0.120. The van der Waals surface area contributed by atoms with E-state index in [1.807, 2.05) is 0 Å². The third kappa shape index (κ3) is 2.27. The maximum Gasteiger partial charge on any atom is 0.198 e. The highest BCUT2D eigenvalue weighted by atomic mass is 16.3. The van der Waals surface area contributed by atoms with Gasteiger partial charge in [0.05, 0.1) is 21.4 Å². The summed E-state index contributed by atoms with van der Waals surface area (Å²) in [4.78, 5) is 26.5. The Morgan fingerprint density at radius 1 is 0.742 bits per heavy atom. The van der Waals surface area contributed by atoms with Crippen LogP contribution in [0.25, 0.3) is 48.8 Å². The Morgan fingerprint density at radius 2 is 1.45 bits per heavy atom. The van der Waals surface area contributed by atoms with E-state index >= 15 is 0 Å². The number of benzene rings is 5. The summed E-state index contributed by atoms with van der Waals surface area (Å²) in [7, 11) is 0. The van der Waals surface area contributed by atoms with Crippen LogP contribution in [0.2, 0.25) is 0 Å². The van der Waals surface area contributed by atoms with Gasteiger partial charge in [-0.25, -0.2) is 0 Å². The van der Waals surface area contributed by atoms with Gasteiger partial charge in [0.25, 0.3) is 0 Å². The van der Waals surface area contributed by atoms with Crippen LogP contribution in [0.4, 0.5) is 0 Å². The van der Waals surface area contributed by atoms with Gasteiger partial charge in [0.15, 0.2) is 10.9 Å². The number of hydrogen-bond acceptors (Lipinski definition) is 6. The van der Waals surface area contributed by atoms with E-state index in [0.29, 0.717) is 27.3 Å². The van der Waals surface area contributed by atoms with E-state index in [1.54, 1.807) is 26.0 Å². The monoisotopic (exact) mass is 414 g/mol. The fourth-order valence-electron chi connectivity index (χ4n) is 4.77. The van der Waals surface area contributed by atoms with Gasteiger partial charge >= 0.3 is 0 Å². The van der Waals surface area contributed by atoms with E-state index in [0.717, 1.165) is 0 Å². The third-order valence-electron chi connectivity index (χ3n) is 6.03. The summed E-state index contributed by atoms with van der Waals surface area (Å²) in [6, 6.07) is 7.59. The molecule has 6 nitrogen and oxygen atoms in total. The number of hydrogen-bond donors (Lipinski definition) is 4. The predicted octanol–water partition coefficient (Wildman–Crippen LogP) is 3.60. The summed E-state index contributed by atoms with van der Waals surface area (Å²) in [5, 5.41) is 44.3. The van der Waals surface area contributed by atoms with Crippen molar-refractivity contribution >= 4 is 48.8 Å². The third-order valence-corrected chi connectivity index (χ3v) is 6.03. The lowest BCUT2D eigenvalue weighted by Gasteiger charge is -2.17. The van der Waals surface area contributed by atoms with Crippen molar-refractivity contribution in [3.8, 4) is 17.2 Å². The zero-order valence-corrected chi connectivity index (χ0v) is 17.0. The molecule has 5 aromatic carbocycles. The lowest BCUT2D eigenvalue weighted by atomic mass is 9.87. The van der Waals surface area contributed by atoms with Gasteiger partial charge in [-0.2, -0.15) is 0 Å². The van der Waals surface area contributed by atoms with Crippen LogP contribution in [0.3, 0.4) is 0 Å². The lowest BCUT2D eigenvalue weighted by molar-refractivity contribution is 0.463. The molecule has 0 unspecified atom stereocenters. The van der Waals surface area contributed by atoms with Gasteiger partial charge in [-0.15, -0.1) is 0 Å². The minimum absolute atomic E-state index is 0.00874. The lowest BCUT2D eigenvalue weighted by Crippen LogP contribution is -2.13. The van der Waals surface area contributed by atoms with E-state index in [-0.39, 0.29) is 55.2 Å². The molecule has 0 fully saturated rings. The van der Waals surface area contributed by atoms with Gasteiger partial charge < -0.3 is 20.4 Å². The van der Waals surface area contributed by atoms with Crippen LogP contribution < -0.4 is 16.1 Å². The first-order valence-electron chi connectivity index (χ1n) is 9.70. The van der Waals surface area contributed by atoms with Gasteiger partial charge in [0.2, 0.25) is 0 Å². The Morgan fingerprint density at radius 3 is 2.13 bits per heavy atom. The molecular weight excluding hydrogens is 396 g/mol. The van der Waals surface area contributed by atoms with Crippen molar-refractivity contribution in [2.24, 2.45) is 0 Å². The molecule has 6 heteroatoms. The largest absolute Gasteiger partial charge is 0.512 e. The number of aliphatic hydroxyl groups excluding tert-OH is 1. The average Bonchev–Trinajstić information content (AvgIpc) is 2.66. The van der Waals surface area contributed by atoms with Crippen molar-refractivity contribution in [2.75, 3.05) is 0 Å². The molecular formula is C25H18O6. The molecule has 5 aromatic rings. The van der Waals surface area contributed by atoms with Crippen LogP contribution in [0, 0.1) is 13.8 Å². The minimum atomic E-state index is -0.548. The van der Waals surface area contributed by atoms with Gasteiger partial charge in [-0.05, 0) is 60.9 Å². The molecule has 0 atom stereocenters. The molecule has 5 rings (SSSR count). The van der Waals surface area contributed by atoms with Gasteiger partial charge in [0, 0.05) is 16.2 Å². The molecule has 0 saturated heterocycles. The smallest absolute Gasteiger partial charge is 0.198 e. The number of aliphatic hydroxyl groups is 1. The second-order valence-corrected chi connectivity index (χ2v) is 8.05. The Labute approximate surface area is 174 Å². The first kappa shape index (κ1) is 18.9. The predicted molar refractivity (Wildman–Crippen MR) is 122 cm³/mol. The molecule has 0 aliphatic carbocycles. The summed E-state index contributed by atoms with van der Waals surface area (Å²) < 4.78 is 0. The average molecular weight is 414 g/mol. The molecule has 4 N–H and O–H groups in total. The molecule has 0 aliphatic rings. The summed E-state index contributed by atoms with van der Waals surface area (Å²) >= 11 is 0. The number of aromatic hydroxyl groups is 3. The summed E-state index contributed by atoms with van der Waals surface area (Å²) in [5.74, 6) is -1.12. The molecule has 0 spiro atoms. The van der Waals surface area contributed by atoms with Gasteiger partial charge in [-0.1, -0.05) is 12.1 Å². The maximum absolute atomic E-state index is 13.7. The quantitative estimate of drug-likeness (QED) is 0.227. The number of phenolic OH excluding ortho intramolecular Hbond substituents is 3. The minimum Gasteiger partial charge on any atom is -0.512 e. The number of rotatable bonds is 0. The van der Waals surface area contributed by atoms with E-state index in [4.69, 9.17) is 0 Å². The molecule has 31 heavy (non-hydrogen) atoms. The van der Waals surface area contributed by atoms with Crippen molar-refractivity contribution in [3.63, 3.8) is 0 Å². The molecule has 0 heterocycles. The standard InChI is InChI=1S/C25H18O6/c1-9-6-14-18(15(27)7-9)24(30)21-16(28)8-10(2)17-13-5-4-12(11(3)26)23(29)20(13)25(31)19(14)22(17)21/h4-8,26,28-30H,1-3H3/b12-11-. The molecule has 0 radical (unpaired) electrons. The first-order chi connectivity index (χ1) is 14.6. The number of fused-ring (bicyclic) bond motifs is 4. The second kappa shape index (κ2) is 5.98. The highest BCUT2D eigenvalue weighted by Gasteiger charge is 2.25. The second-order valence-electron chi connectivity index (χ2n) is 8.05. The number of phenols is 3. The Hall–Kier alpha value is -4.06. The van der Waals surface area contributed by atoms with E-state index < -0.39 is 10.9 Å². The van der Waals surface area contributed by atoms with Crippen molar-refractivity contribution in [2.45, 2.75) is 20.8 Å². The van der Waals surface area contributed by atoms with Crippen LogP contribution in [0.1, 0.15) is 18.1 Å². The maximum atomic E-state index is 13.7. The van der Waals surface area contributed by atoms with E-state index in [2.05, 4.69) is 0 Å². The topological polar surface area (TPSA) is 115 Å².